The Hall–Kier alpha value is -0.860. The molecule has 1 fully saturated rings. The molecule has 0 heterocycles. The summed E-state index contributed by atoms with van der Waals surface area (Å²) in [7, 11) is 0. The average Bonchev–Trinajstić information content (AvgIpc) is 2.49. The van der Waals surface area contributed by atoms with Gasteiger partial charge in [-0.15, -0.1) is 0 Å². The third kappa shape index (κ3) is 4.07. The zero-order valence-electron chi connectivity index (χ0n) is 13.1. The molecular weight excluding hydrogens is 244 g/mol. The maximum Gasteiger partial charge on any atom is 0.0110 e. The Morgan fingerprint density at radius 2 is 1.80 bits per heavy atom. The molecular formula is C18H30N2. The van der Waals surface area contributed by atoms with E-state index in [1.807, 2.05) is 0 Å². The standard InChI is InChI=1S/C18H30N2/c1-3-20(18-11-9-17(14-19)10-12-18)15(2)13-16-7-5-4-6-8-16/h4-8,15,17-18H,3,9-14,19H2,1-2H3. The van der Waals surface area contributed by atoms with Crippen LogP contribution in [-0.4, -0.2) is 30.1 Å². The number of rotatable bonds is 6. The first-order chi connectivity index (χ1) is 9.74. The molecule has 1 atom stereocenters. The minimum atomic E-state index is 0.627. The normalized spacial score (nSPS) is 24.8. The van der Waals surface area contributed by atoms with Crippen LogP contribution in [0.4, 0.5) is 0 Å². The van der Waals surface area contributed by atoms with E-state index in [-0.39, 0.29) is 0 Å². The van der Waals surface area contributed by atoms with Gasteiger partial charge in [-0.1, -0.05) is 37.3 Å². The lowest BCUT2D eigenvalue weighted by Gasteiger charge is -2.39. The summed E-state index contributed by atoms with van der Waals surface area (Å²) in [5, 5.41) is 0. The molecule has 1 aliphatic carbocycles. The number of benzene rings is 1. The van der Waals surface area contributed by atoms with E-state index in [0.29, 0.717) is 6.04 Å². The fourth-order valence-corrected chi connectivity index (χ4v) is 3.71. The molecule has 0 aliphatic heterocycles. The van der Waals surface area contributed by atoms with Gasteiger partial charge in [0.05, 0.1) is 0 Å². The van der Waals surface area contributed by atoms with Crippen molar-refractivity contribution in [2.75, 3.05) is 13.1 Å². The molecule has 2 nitrogen and oxygen atoms in total. The highest BCUT2D eigenvalue weighted by atomic mass is 15.2. The monoisotopic (exact) mass is 274 g/mol. The van der Waals surface area contributed by atoms with Crippen molar-refractivity contribution in [3.8, 4) is 0 Å². The molecule has 0 amide bonds. The van der Waals surface area contributed by atoms with E-state index in [2.05, 4.69) is 49.1 Å². The first kappa shape index (κ1) is 15.5. The van der Waals surface area contributed by atoms with Crippen LogP contribution in [0.25, 0.3) is 0 Å². The van der Waals surface area contributed by atoms with Gasteiger partial charge in [0.1, 0.15) is 0 Å². The topological polar surface area (TPSA) is 29.3 Å². The van der Waals surface area contributed by atoms with Crippen LogP contribution in [0, 0.1) is 5.92 Å². The third-order valence-corrected chi connectivity index (χ3v) is 4.92. The van der Waals surface area contributed by atoms with Gasteiger partial charge in [0.2, 0.25) is 0 Å². The summed E-state index contributed by atoms with van der Waals surface area (Å²) >= 11 is 0. The van der Waals surface area contributed by atoms with Gasteiger partial charge in [-0.25, -0.2) is 0 Å². The number of nitrogens with two attached hydrogens (primary N) is 1. The second-order valence-electron chi connectivity index (χ2n) is 6.28. The highest BCUT2D eigenvalue weighted by Crippen LogP contribution is 2.28. The fourth-order valence-electron chi connectivity index (χ4n) is 3.71. The van der Waals surface area contributed by atoms with Crippen molar-refractivity contribution >= 4 is 0 Å². The van der Waals surface area contributed by atoms with E-state index in [1.165, 1.54) is 31.2 Å². The van der Waals surface area contributed by atoms with Crippen molar-refractivity contribution in [1.29, 1.82) is 0 Å². The van der Waals surface area contributed by atoms with E-state index in [4.69, 9.17) is 5.73 Å². The van der Waals surface area contributed by atoms with Gasteiger partial charge in [0.15, 0.2) is 0 Å². The zero-order valence-corrected chi connectivity index (χ0v) is 13.1. The van der Waals surface area contributed by atoms with Crippen molar-refractivity contribution in [3.63, 3.8) is 0 Å². The maximum absolute atomic E-state index is 5.81. The van der Waals surface area contributed by atoms with Gasteiger partial charge < -0.3 is 5.73 Å². The molecule has 1 saturated carbocycles. The highest BCUT2D eigenvalue weighted by Gasteiger charge is 2.27. The van der Waals surface area contributed by atoms with Crippen LogP contribution in [0.1, 0.15) is 45.1 Å². The number of nitrogens with zero attached hydrogens (tertiary/aromatic N) is 1. The van der Waals surface area contributed by atoms with E-state index in [0.717, 1.165) is 31.5 Å². The molecule has 1 aromatic carbocycles. The van der Waals surface area contributed by atoms with E-state index < -0.39 is 0 Å². The van der Waals surface area contributed by atoms with Crippen LogP contribution in [0.5, 0.6) is 0 Å². The predicted molar refractivity (Wildman–Crippen MR) is 86.8 cm³/mol. The Kier molecular flexibility index (Phi) is 6.06. The summed E-state index contributed by atoms with van der Waals surface area (Å²) in [6, 6.07) is 12.3. The van der Waals surface area contributed by atoms with Gasteiger partial charge in [-0.2, -0.15) is 0 Å². The average molecular weight is 274 g/mol. The number of likely N-dealkylation sites (N-methyl/N-ethyl adjacent to an activating group) is 1. The SMILES string of the molecule is CCN(C(C)Cc1ccccc1)C1CCC(CN)CC1. The molecule has 1 aromatic rings. The molecule has 0 saturated heterocycles. The molecule has 20 heavy (non-hydrogen) atoms. The molecule has 0 bridgehead atoms. The summed E-state index contributed by atoms with van der Waals surface area (Å²) in [6.45, 7) is 6.71. The van der Waals surface area contributed by atoms with Gasteiger partial charge in [-0.3, -0.25) is 4.90 Å². The Morgan fingerprint density at radius 3 is 2.35 bits per heavy atom. The molecule has 0 radical (unpaired) electrons. The van der Waals surface area contributed by atoms with Gasteiger partial charge in [-0.05, 0) is 63.6 Å². The molecule has 1 unspecified atom stereocenters. The predicted octanol–water partition coefficient (Wildman–Crippen LogP) is 3.46. The van der Waals surface area contributed by atoms with Crippen molar-refractivity contribution in [2.45, 2.75) is 58.0 Å². The summed E-state index contributed by atoms with van der Waals surface area (Å²) in [5.74, 6) is 0.773. The van der Waals surface area contributed by atoms with Gasteiger partial charge in [0, 0.05) is 12.1 Å². The van der Waals surface area contributed by atoms with Crippen LogP contribution in [0.15, 0.2) is 30.3 Å². The zero-order chi connectivity index (χ0) is 14.4. The maximum atomic E-state index is 5.81. The quantitative estimate of drug-likeness (QED) is 0.861. The fraction of sp³-hybridized carbons (Fsp3) is 0.667. The molecule has 0 spiro atoms. The Balaban J connectivity index is 1.91. The van der Waals surface area contributed by atoms with Crippen LogP contribution < -0.4 is 5.73 Å². The summed E-state index contributed by atoms with van der Waals surface area (Å²) in [5.41, 5.74) is 7.26. The van der Waals surface area contributed by atoms with Crippen LogP contribution in [0.2, 0.25) is 0 Å². The van der Waals surface area contributed by atoms with Crippen molar-refractivity contribution < 1.29 is 0 Å². The third-order valence-electron chi connectivity index (χ3n) is 4.92. The van der Waals surface area contributed by atoms with Crippen molar-refractivity contribution in [2.24, 2.45) is 11.7 Å². The molecule has 2 rings (SSSR count). The lowest BCUT2D eigenvalue weighted by Crippen LogP contribution is -2.45. The number of hydrogen-bond donors (Lipinski definition) is 1. The lowest BCUT2D eigenvalue weighted by molar-refractivity contribution is 0.105. The second-order valence-corrected chi connectivity index (χ2v) is 6.28. The summed E-state index contributed by atoms with van der Waals surface area (Å²) < 4.78 is 0. The molecule has 0 aromatic heterocycles. The second kappa shape index (κ2) is 7.80. The largest absolute Gasteiger partial charge is 0.330 e. The highest BCUT2D eigenvalue weighted by molar-refractivity contribution is 5.15. The molecule has 1 aliphatic rings. The van der Waals surface area contributed by atoms with Crippen molar-refractivity contribution in [3.05, 3.63) is 35.9 Å². The Bertz CT molecular complexity index is 368. The van der Waals surface area contributed by atoms with Gasteiger partial charge >= 0.3 is 0 Å². The van der Waals surface area contributed by atoms with E-state index in [9.17, 15) is 0 Å². The van der Waals surface area contributed by atoms with Crippen LogP contribution in [-0.2, 0) is 6.42 Å². The molecule has 2 heteroatoms. The first-order valence-electron chi connectivity index (χ1n) is 8.24. The van der Waals surface area contributed by atoms with Crippen molar-refractivity contribution in [1.82, 2.24) is 4.90 Å². The number of hydrogen-bond acceptors (Lipinski definition) is 2. The van der Waals surface area contributed by atoms with Crippen LogP contribution in [0.3, 0.4) is 0 Å². The van der Waals surface area contributed by atoms with E-state index in [1.54, 1.807) is 0 Å². The van der Waals surface area contributed by atoms with Crippen LogP contribution >= 0.6 is 0 Å². The lowest BCUT2D eigenvalue weighted by atomic mass is 9.84. The van der Waals surface area contributed by atoms with E-state index >= 15 is 0 Å². The molecule has 112 valence electrons. The first-order valence-corrected chi connectivity index (χ1v) is 8.24. The summed E-state index contributed by atoms with van der Waals surface area (Å²) in [4.78, 5) is 2.71. The molecule has 2 N–H and O–H groups in total. The smallest absolute Gasteiger partial charge is 0.0110 e. The Morgan fingerprint density at radius 1 is 1.15 bits per heavy atom. The summed E-state index contributed by atoms with van der Waals surface area (Å²) in [6.07, 6.45) is 6.45. The van der Waals surface area contributed by atoms with Gasteiger partial charge in [0.25, 0.3) is 0 Å². The Labute approximate surface area is 124 Å². The minimum absolute atomic E-state index is 0.627. The minimum Gasteiger partial charge on any atom is -0.330 e.